The Labute approximate surface area is 557 Å². The Kier molecular flexibility index (Phi) is 23.9. The second-order valence-electron chi connectivity index (χ2n) is 21.5. The molecule has 0 spiro atoms. The van der Waals surface area contributed by atoms with Crippen LogP contribution in [0.15, 0.2) is 163 Å². The molecule has 6 aromatic carbocycles. The maximum absolute atomic E-state index is 14.0. The first-order chi connectivity index (χ1) is 45.1. The number of rotatable bonds is 28. The average Bonchev–Trinajstić information content (AvgIpc) is 0.778. The number of hydrogen-bond donors (Lipinski definition) is 8. The first-order valence-electron chi connectivity index (χ1n) is 28.3. The number of fused-ring (bicyclic) bond motifs is 1. The number of hydrogen-bond acceptors (Lipinski definition) is 25. The van der Waals surface area contributed by atoms with E-state index in [0.29, 0.717) is 28.3 Å². The summed E-state index contributed by atoms with van der Waals surface area (Å²) in [6, 6.07) is 16.5. The van der Waals surface area contributed by atoms with Crippen LogP contribution in [0.4, 0.5) is 56.0 Å². The van der Waals surface area contributed by atoms with Crippen molar-refractivity contribution < 1.29 is 102 Å². The van der Waals surface area contributed by atoms with Gasteiger partial charge in [0.1, 0.15) is 44.5 Å². The first kappa shape index (κ1) is 75.5. The lowest BCUT2D eigenvalue weighted by Crippen LogP contribution is -2.21. The molecular weight excluding hydrogens is 1400 g/mol. The van der Waals surface area contributed by atoms with Gasteiger partial charge < -0.3 is 29.6 Å². The molecule has 0 aromatic heterocycles. The predicted octanol–water partition coefficient (Wildman–Crippen LogP) is 12.9. The number of aryl methyl sites for hydroxylation is 4. The highest BCUT2D eigenvalue weighted by atomic mass is 32.2. The van der Waals surface area contributed by atoms with Crippen LogP contribution in [0.1, 0.15) is 61.8 Å². The van der Waals surface area contributed by atoms with Gasteiger partial charge in [-0.1, -0.05) is 6.07 Å². The van der Waals surface area contributed by atoms with E-state index in [1.54, 1.807) is 39.8 Å². The van der Waals surface area contributed by atoms with Gasteiger partial charge in [-0.3, -0.25) is 27.3 Å². The van der Waals surface area contributed by atoms with E-state index in [9.17, 15) is 82.6 Å². The molecule has 39 heteroatoms. The minimum absolute atomic E-state index is 0.0300. The molecule has 0 saturated heterocycles. The number of nitrogens with zero attached hydrogens (tertiary/aromatic N) is 8. The van der Waals surface area contributed by atoms with E-state index in [4.69, 9.17) is 18.9 Å². The molecule has 1 aliphatic carbocycles. The van der Waals surface area contributed by atoms with Crippen molar-refractivity contribution in [2.75, 3.05) is 49.6 Å². The van der Waals surface area contributed by atoms with E-state index in [0.717, 1.165) is 19.1 Å². The molecule has 0 heterocycles. The summed E-state index contributed by atoms with van der Waals surface area (Å²) in [5.41, 5.74) is 3.78. The lowest BCUT2D eigenvalue weighted by Gasteiger charge is -2.20. The van der Waals surface area contributed by atoms with E-state index in [-0.39, 0.29) is 141 Å². The van der Waals surface area contributed by atoms with Gasteiger partial charge in [0.05, 0.1) is 94.2 Å². The van der Waals surface area contributed by atoms with Crippen molar-refractivity contribution in [3.05, 3.63) is 135 Å². The van der Waals surface area contributed by atoms with Gasteiger partial charge in [-0.25, -0.2) is 4.79 Å². The van der Waals surface area contributed by atoms with Crippen molar-refractivity contribution in [1.82, 2.24) is 0 Å². The Morgan fingerprint density at radius 2 is 0.979 bits per heavy atom. The third-order valence-electron chi connectivity index (χ3n) is 14.2. The van der Waals surface area contributed by atoms with Crippen LogP contribution in [0, 0.1) is 27.7 Å². The molecule has 33 nitrogen and oxygen atoms in total. The standard InChI is InChI=1S/C58H64N10O23S6/c1-32-19-49(55(90-15-9-17-92(70,71)72)30-47(32)65-67-51-21-34(3)45(28-53(51)88-7)63-61-40-13-11-38(23-36(5)94(76,77)78)43(25-40)37(6)95(79,80)81)59-58(69)60-50-20-33(2)48(31-56(50)91-16-10-18-93(73,74)75)66-68-52-22-35(4)46(29-54(52)89-8)64-62-41-14-12-39-24-42(96(82,83)84)27-57(44(39)26-41)97(85,86)87/h12,14,19-31,37H,9-11,13,15-18H2,1-8H3,(H2,59,60,69)(H,70,71,72)(H,73,74,75)(H,76,77,78)(H,79,80,81)(H,82,83,84)(H,85,86,87)/b36-23+,63-61?,64-62-,67-65?,68-66?. The van der Waals surface area contributed by atoms with E-state index in [1.807, 2.05) is 0 Å². The Bertz CT molecular complexity index is 5080. The molecule has 2 amide bonds. The van der Waals surface area contributed by atoms with E-state index < -0.39 is 98.2 Å². The summed E-state index contributed by atoms with van der Waals surface area (Å²) in [6.45, 7) is 8.33. The Hall–Kier alpha value is -8.87. The summed E-state index contributed by atoms with van der Waals surface area (Å²) in [6.07, 6.45) is 2.32. The van der Waals surface area contributed by atoms with Gasteiger partial charge in [0, 0.05) is 29.7 Å². The number of allylic oxidation sites excluding steroid dienone is 5. The Balaban J connectivity index is 1.15. The second kappa shape index (κ2) is 30.7. The molecule has 0 bridgehead atoms. The van der Waals surface area contributed by atoms with Crippen LogP contribution < -0.4 is 29.6 Å². The van der Waals surface area contributed by atoms with Gasteiger partial charge in [-0.05, 0) is 167 Å². The number of urea groups is 1. The van der Waals surface area contributed by atoms with Crippen LogP contribution in [-0.4, -0.2) is 128 Å². The van der Waals surface area contributed by atoms with Gasteiger partial charge in [0.2, 0.25) is 0 Å². The highest BCUT2D eigenvalue weighted by Gasteiger charge is 2.28. The maximum Gasteiger partial charge on any atom is 0.323 e. The molecule has 1 atom stereocenters. The normalized spacial score (nSPS) is 14.2. The third kappa shape index (κ3) is 21.1. The smallest absolute Gasteiger partial charge is 0.323 e. The maximum atomic E-state index is 14.0. The van der Waals surface area contributed by atoms with Gasteiger partial charge in [-0.15, -0.1) is 10.2 Å². The van der Waals surface area contributed by atoms with Crippen LogP contribution in [0.5, 0.6) is 23.0 Å². The fourth-order valence-electron chi connectivity index (χ4n) is 9.15. The summed E-state index contributed by atoms with van der Waals surface area (Å²) in [4.78, 5) is 12.0. The number of carbonyl (C=O) groups is 1. The van der Waals surface area contributed by atoms with Gasteiger partial charge in [-0.2, -0.15) is 81.2 Å². The molecule has 1 unspecified atom stereocenters. The highest BCUT2D eigenvalue weighted by Crippen LogP contribution is 2.42. The summed E-state index contributed by atoms with van der Waals surface area (Å²) in [5.74, 6) is -1.12. The molecule has 0 radical (unpaired) electrons. The number of carbonyl (C=O) groups excluding carboxylic acids is 1. The zero-order valence-corrected chi connectivity index (χ0v) is 57.4. The number of anilines is 2. The largest absolute Gasteiger partial charge is 0.494 e. The molecule has 7 rings (SSSR count). The van der Waals surface area contributed by atoms with Crippen LogP contribution in [0.2, 0.25) is 0 Å². The van der Waals surface area contributed by atoms with E-state index in [1.165, 1.54) is 81.8 Å². The predicted molar refractivity (Wildman–Crippen MR) is 355 cm³/mol. The molecule has 6 aromatic rings. The van der Waals surface area contributed by atoms with Crippen LogP contribution in [0.25, 0.3) is 10.8 Å². The van der Waals surface area contributed by atoms with Crippen molar-refractivity contribution in [3.8, 4) is 23.0 Å². The van der Waals surface area contributed by atoms with Crippen LogP contribution in [0.3, 0.4) is 0 Å². The third-order valence-corrected chi connectivity index (χ3v) is 19.7. The number of amides is 2. The lowest BCUT2D eigenvalue weighted by molar-refractivity contribution is 0.261. The Morgan fingerprint density at radius 1 is 0.536 bits per heavy atom. The molecule has 1 aliphatic rings. The van der Waals surface area contributed by atoms with Crippen LogP contribution in [-0.2, 0) is 60.7 Å². The van der Waals surface area contributed by atoms with E-state index >= 15 is 0 Å². The lowest BCUT2D eigenvalue weighted by atomic mass is 9.93. The number of azo groups is 4. The molecule has 97 heavy (non-hydrogen) atoms. The SMILES string of the molecule is COc1cc(N=NC2=CC(C(C)S(=O)(=O)O)=C(/C=C(\C)S(=O)(=O)O)CC2)c(C)cc1N=Nc1cc(OCCCS(=O)(=O)O)c(NC(=O)Nc2cc(C)c(N=Nc3cc(C)c(/N=N\c4ccc5cc(S(=O)(=O)O)cc(S(=O)(=O)O)c5c4)cc3OC)cc2OCCCS(=O)(=O)O)cc1C. The fourth-order valence-corrected chi connectivity index (χ4v) is 12.3. The molecule has 0 aliphatic heterocycles. The minimum Gasteiger partial charge on any atom is -0.494 e. The molecule has 8 N–H and O–H groups in total. The zero-order chi connectivity index (χ0) is 71.8. The quantitative estimate of drug-likeness (QED) is 0.0128. The molecule has 0 fully saturated rings. The van der Waals surface area contributed by atoms with E-state index in [2.05, 4.69) is 51.5 Å². The number of methoxy groups -OCH3 is 2. The summed E-state index contributed by atoms with van der Waals surface area (Å²) in [5, 5.41) is 38.5. The van der Waals surface area contributed by atoms with Gasteiger partial charge in [0.25, 0.3) is 60.7 Å². The van der Waals surface area contributed by atoms with Crippen molar-refractivity contribution in [2.45, 2.75) is 82.3 Å². The number of nitrogens with one attached hydrogen (secondary N) is 2. The van der Waals surface area contributed by atoms with Gasteiger partial charge >= 0.3 is 6.03 Å². The summed E-state index contributed by atoms with van der Waals surface area (Å²) in [7, 11) is -25.2. The minimum atomic E-state index is -5.00. The van der Waals surface area contributed by atoms with Crippen molar-refractivity contribution in [2.24, 2.45) is 40.9 Å². The Morgan fingerprint density at radius 3 is 1.41 bits per heavy atom. The molecular formula is C58H64N10O23S6. The fraction of sp³-hybridized carbons (Fsp3) is 0.293. The second-order valence-corrected chi connectivity index (χ2v) is 30.8. The molecule has 520 valence electrons. The van der Waals surface area contributed by atoms with Crippen molar-refractivity contribution in [1.29, 1.82) is 0 Å². The number of ether oxygens (including phenoxy) is 4. The monoisotopic (exact) mass is 1460 g/mol. The van der Waals surface area contributed by atoms with Crippen molar-refractivity contribution >= 4 is 129 Å². The topological polar surface area (TPSA) is 503 Å². The highest BCUT2D eigenvalue weighted by molar-refractivity contribution is 7.89. The summed E-state index contributed by atoms with van der Waals surface area (Å²) >= 11 is 0. The first-order valence-corrected chi connectivity index (χ1v) is 37.3. The average molecular weight is 1460 g/mol. The number of benzene rings is 6. The molecule has 0 saturated carbocycles. The van der Waals surface area contributed by atoms with Gasteiger partial charge in [0.15, 0.2) is 0 Å². The van der Waals surface area contributed by atoms with Crippen molar-refractivity contribution in [3.63, 3.8) is 0 Å². The summed E-state index contributed by atoms with van der Waals surface area (Å²) < 4.78 is 223. The zero-order valence-electron chi connectivity index (χ0n) is 52.5. The van der Waals surface area contributed by atoms with Crippen LogP contribution >= 0.6 is 0 Å².